The van der Waals surface area contributed by atoms with Crippen LogP contribution in [0.2, 0.25) is 0 Å². The summed E-state index contributed by atoms with van der Waals surface area (Å²) in [5.41, 5.74) is 2.07. The molecule has 1 aliphatic heterocycles. The Morgan fingerprint density at radius 1 is 0.963 bits per heavy atom. The van der Waals surface area contributed by atoms with E-state index >= 15 is 0 Å². The highest BCUT2D eigenvalue weighted by Gasteiger charge is 2.18. The van der Waals surface area contributed by atoms with Gasteiger partial charge in [-0.2, -0.15) is 0 Å². The minimum atomic E-state index is -0.194. The van der Waals surface area contributed by atoms with Crippen molar-refractivity contribution in [3.63, 3.8) is 0 Å². The van der Waals surface area contributed by atoms with Crippen molar-refractivity contribution in [3.05, 3.63) is 65.7 Å². The Labute approximate surface area is 160 Å². The molecular formula is C22H27N3O2. The molecule has 0 aliphatic carbocycles. The fourth-order valence-electron chi connectivity index (χ4n) is 3.40. The number of anilines is 1. The lowest BCUT2D eigenvalue weighted by Crippen LogP contribution is -2.37. The molecule has 2 aromatic rings. The van der Waals surface area contributed by atoms with Crippen molar-refractivity contribution in [2.75, 3.05) is 25.0 Å². The maximum absolute atomic E-state index is 12.7. The topological polar surface area (TPSA) is 61.4 Å². The van der Waals surface area contributed by atoms with Crippen LogP contribution in [-0.2, 0) is 4.79 Å². The molecule has 2 N–H and O–H groups in total. The Hall–Kier alpha value is -2.66. The molecule has 1 atom stereocenters. The van der Waals surface area contributed by atoms with Gasteiger partial charge in [-0.25, -0.2) is 0 Å². The lowest BCUT2D eigenvalue weighted by atomic mass is 10.1. The molecule has 27 heavy (non-hydrogen) atoms. The molecule has 2 aromatic carbocycles. The summed E-state index contributed by atoms with van der Waals surface area (Å²) in [6.45, 7) is 4.25. The van der Waals surface area contributed by atoms with E-state index < -0.39 is 0 Å². The van der Waals surface area contributed by atoms with E-state index in [0.29, 0.717) is 17.8 Å². The molecule has 0 saturated carbocycles. The number of nitrogens with zero attached hydrogens (tertiary/aromatic N) is 1. The summed E-state index contributed by atoms with van der Waals surface area (Å²) < 4.78 is 0. The van der Waals surface area contributed by atoms with Gasteiger partial charge in [0.15, 0.2) is 0 Å². The number of piperidine rings is 1. The highest BCUT2D eigenvalue weighted by Crippen LogP contribution is 2.18. The van der Waals surface area contributed by atoms with Crippen molar-refractivity contribution in [2.24, 2.45) is 0 Å². The lowest BCUT2D eigenvalue weighted by Gasteiger charge is -2.25. The predicted octanol–water partition coefficient (Wildman–Crippen LogP) is 3.60. The second-order valence-electron chi connectivity index (χ2n) is 7.04. The number of hydrogen-bond donors (Lipinski definition) is 2. The van der Waals surface area contributed by atoms with Crippen LogP contribution in [0.15, 0.2) is 54.6 Å². The highest BCUT2D eigenvalue weighted by atomic mass is 16.2. The van der Waals surface area contributed by atoms with Crippen molar-refractivity contribution in [1.82, 2.24) is 10.2 Å². The van der Waals surface area contributed by atoms with Crippen LogP contribution in [0.3, 0.4) is 0 Å². The summed E-state index contributed by atoms with van der Waals surface area (Å²) in [5, 5.41) is 5.92. The zero-order valence-corrected chi connectivity index (χ0v) is 15.8. The molecular weight excluding hydrogens is 338 g/mol. The molecule has 1 saturated heterocycles. The molecule has 0 aromatic heterocycles. The van der Waals surface area contributed by atoms with Crippen LogP contribution in [-0.4, -0.2) is 36.3 Å². The van der Waals surface area contributed by atoms with Crippen LogP contribution in [0.4, 0.5) is 5.69 Å². The second kappa shape index (κ2) is 9.33. The van der Waals surface area contributed by atoms with E-state index in [0.717, 1.165) is 31.5 Å². The Bertz CT molecular complexity index is 770. The van der Waals surface area contributed by atoms with Gasteiger partial charge in [-0.15, -0.1) is 0 Å². The third kappa shape index (κ3) is 5.41. The first-order valence-corrected chi connectivity index (χ1v) is 9.60. The smallest absolute Gasteiger partial charge is 0.253 e. The van der Waals surface area contributed by atoms with Crippen LogP contribution in [0.1, 0.15) is 48.1 Å². The zero-order chi connectivity index (χ0) is 19.1. The fourth-order valence-corrected chi connectivity index (χ4v) is 3.40. The Kier molecular flexibility index (Phi) is 6.60. The summed E-state index contributed by atoms with van der Waals surface area (Å²) in [5.74, 6) is -0.270. The largest absolute Gasteiger partial charge is 0.345 e. The van der Waals surface area contributed by atoms with Gasteiger partial charge >= 0.3 is 0 Å². The summed E-state index contributed by atoms with van der Waals surface area (Å²) in [6.07, 6.45) is 3.52. The number of likely N-dealkylation sites (tertiary alicyclic amines) is 1. The predicted molar refractivity (Wildman–Crippen MR) is 108 cm³/mol. The number of carbonyl (C=O) groups is 2. The number of nitrogens with one attached hydrogen (secondary N) is 2. The first-order chi connectivity index (χ1) is 13.1. The van der Waals surface area contributed by atoms with Gasteiger partial charge in [0.2, 0.25) is 5.91 Å². The van der Waals surface area contributed by atoms with Gasteiger partial charge in [-0.1, -0.05) is 48.9 Å². The van der Waals surface area contributed by atoms with Gasteiger partial charge in [0.1, 0.15) is 0 Å². The number of carbonyl (C=O) groups excluding carboxylic acids is 2. The third-order valence-electron chi connectivity index (χ3n) is 4.91. The van der Waals surface area contributed by atoms with E-state index in [1.54, 1.807) is 12.1 Å². The molecule has 1 fully saturated rings. The van der Waals surface area contributed by atoms with Crippen LogP contribution < -0.4 is 10.6 Å². The van der Waals surface area contributed by atoms with E-state index in [4.69, 9.17) is 0 Å². The van der Waals surface area contributed by atoms with Crippen molar-refractivity contribution in [1.29, 1.82) is 0 Å². The van der Waals surface area contributed by atoms with E-state index in [2.05, 4.69) is 15.5 Å². The van der Waals surface area contributed by atoms with Gasteiger partial charge in [0.25, 0.3) is 5.91 Å². The molecule has 0 radical (unpaired) electrons. The van der Waals surface area contributed by atoms with Gasteiger partial charge < -0.3 is 10.6 Å². The van der Waals surface area contributed by atoms with E-state index in [1.165, 1.54) is 6.42 Å². The van der Waals surface area contributed by atoms with Crippen LogP contribution >= 0.6 is 0 Å². The highest BCUT2D eigenvalue weighted by molar-refractivity contribution is 6.04. The molecule has 5 nitrogen and oxygen atoms in total. The molecule has 0 bridgehead atoms. The molecule has 0 unspecified atom stereocenters. The number of para-hydroxylation sites is 1. The maximum Gasteiger partial charge on any atom is 0.253 e. The van der Waals surface area contributed by atoms with Crippen LogP contribution in [0, 0.1) is 0 Å². The summed E-state index contributed by atoms with van der Waals surface area (Å²) >= 11 is 0. The van der Waals surface area contributed by atoms with Gasteiger partial charge in [0.05, 0.1) is 23.8 Å². The molecule has 1 aliphatic rings. The normalized spacial score (nSPS) is 15.7. The molecule has 3 rings (SSSR count). The molecule has 1 heterocycles. The van der Waals surface area contributed by atoms with Crippen molar-refractivity contribution < 1.29 is 9.59 Å². The molecule has 142 valence electrons. The average Bonchev–Trinajstić information content (AvgIpc) is 2.69. The summed E-state index contributed by atoms with van der Waals surface area (Å²) in [7, 11) is 0. The molecule has 5 heteroatoms. The second-order valence-corrected chi connectivity index (χ2v) is 7.04. The quantitative estimate of drug-likeness (QED) is 0.822. The Morgan fingerprint density at radius 3 is 2.37 bits per heavy atom. The number of benzene rings is 2. The van der Waals surface area contributed by atoms with Gasteiger partial charge in [-0.3, -0.25) is 14.5 Å². The van der Waals surface area contributed by atoms with Crippen molar-refractivity contribution in [3.8, 4) is 0 Å². The van der Waals surface area contributed by atoms with Crippen LogP contribution in [0.5, 0.6) is 0 Å². The number of amides is 2. The van der Waals surface area contributed by atoms with Gasteiger partial charge in [-0.05, 0) is 50.6 Å². The first-order valence-electron chi connectivity index (χ1n) is 9.60. The number of rotatable bonds is 6. The molecule has 2 amide bonds. The number of hydrogen-bond acceptors (Lipinski definition) is 3. The monoisotopic (exact) mass is 365 g/mol. The third-order valence-corrected chi connectivity index (χ3v) is 4.91. The summed E-state index contributed by atoms with van der Waals surface area (Å²) in [6, 6.07) is 16.9. The fraction of sp³-hybridized carbons (Fsp3) is 0.364. The minimum Gasteiger partial charge on any atom is -0.345 e. The zero-order valence-electron chi connectivity index (χ0n) is 15.8. The summed E-state index contributed by atoms with van der Waals surface area (Å²) in [4.78, 5) is 27.3. The van der Waals surface area contributed by atoms with E-state index in [9.17, 15) is 9.59 Å². The minimum absolute atomic E-state index is 0.0757. The Balaban J connectivity index is 1.64. The van der Waals surface area contributed by atoms with Crippen molar-refractivity contribution >= 4 is 17.5 Å². The van der Waals surface area contributed by atoms with E-state index in [-0.39, 0.29) is 17.9 Å². The Morgan fingerprint density at radius 2 is 1.63 bits per heavy atom. The molecule has 0 spiro atoms. The maximum atomic E-state index is 12.7. The van der Waals surface area contributed by atoms with Gasteiger partial charge in [0, 0.05) is 0 Å². The van der Waals surface area contributed by atoms with Crippen molar-refractivity contribution in [2.45, 2.75) is 32.2 Å². The first kappa shape index (κ1) is 19.1. The average molecular weight is 365 g/mol. The SMILES string of the molecule is C[C@H](NC(=O)c1ccccc1NC(=O)CN1CCCCC1)c1ccccc1. The standard InChI is InChI=1S/C22H27N3O2/c1-17(18-10-4-2-5-11-18)23-22(27)19-12-6-7-13-20(19)24-21(26)16-25-14-8-3-9-15-25/h2,4-7,10-13,17H,3,8-9,14-16H2,1H3,(H,23,27)(H,24,26)/t17-/m0/s1. The lowest BCUT2D eigenvalue weighted by molar-refractivity contribution is -0.117. The van der Waals surface area contributed by atoms with Crippen LogP contribution in [0.25, 0.3) is 0 Å². The van der Waals surface area contributed by atoms with E-state index in [1.807, 2.05) is 49.4 Å².